The van der Waals surface area contributed by atoms with E-state index < -0.39 is 23.8 Å². The molecule has 0 aliphatic heterocycles. The summed E-state index contributed by atoms with van der Waals surface area (Å²) in [4.78, 5) is 42.8. The van der Waals surface area contributed by atoms with Crippen LogP contribution in [0.2, 0.25) is 0 Å². The van der Waals surface area contributed by atoms with Gasteiger partial charge >= 0.3 is 6.09 Å². The molecule has 2 N–H and O–H groups in total. The van der Waals surface area contributed by atoms with Crippen molar-refractivity contribution in [2.75, 3.05) is 12.0 Å². The van der Waals surface area contributed by atoms with Gasteiger partial charge < -0.3 is 20.3 Å². The van der Waals surface area contributed by atoms with Crippen LogP contribution in [-0.4, -0.2) is 58.5 Å². The molecule has 0 radical (unpaired) electrons. The molecule has 0 spiro atoms. The van der Waals surface area contributed by atoms with Gasteiger partial charge in [-0.05, 0) is 84.8 Å². The third-order valence-corrected chi connectivity index (χ3v) is 7.60. The third kappa shape index (κ3) is 9.83. The number of benzene rings is 1. The Kier molecular flexibility index (Phi) is 12.5. The molecule has 1 aromatic rings. The molecule has 0 aromatic heterocycles. The smallest absolute Gasteiger partial charge is 0.408 e. The van der Waals surface area contributed by atoms with E-state index in [0.29, 0.717) is 18.6 Å². The molecule has 3 unspecified atom stereocenters. The van der Waals surface area contributed by atoms with E-state index in [-0.39, 0.29) is 23.9 Å². The largest absolute Gasteiger partial charge is 0.444 e. The Bertz CT molecular complexity index is 920. The van der Waals surface area contributed by atoms with Crippen LogP contribution in [-0.2, 0) is 14.3 Å². The van der Waals surface area contributed by atoms with E-state index in [1.807, 2.05) is 46.1 Å². The topological polar surface area (TPSA) is 87.7 Å². The first-order valence-corrected chi connectivity index (χ1v) is 15.4. The van der Waals surface area contributed by atoms with E-state index in [2.05, 4.69) is 16.7 Å². The van der Waals surface area contributed by atoms with Crippen LogP contribution >= 0.6 is 11.8 Å². The van der Waals surface area contributed by atoms with E-state index in [1.54, 1.807) is 37.4 Å². The first-order valence-electron chi connectivity index (χ1n) is 14.1. The summed E-state index contributed by atoms with van der Waals surface area (Å²) < 4.78 is 5.48. The fourth-order valence-electron chi connectivity index (χ4n) is 5.05. The lowest BCUT2D eigenvalue weighted by atomic mass is 9.93. The van der Waals surface area contributed by atoms with Crippen molar-refractivity contribution in [1.29, 1.82) is 0 Å². The van der Waals surface area contributed by atoms with E-state index in [0.717, 1.165) is 42.4 Å². The highest BCUT2D eigenvalue weighted by Gasteiger charge is 2.39. The second-order valence-corrected chi connectivity index (χ2v) is 12.6. The molecule has 1 fully saturated rings. The van der Waals surface area contributed by atoms with Gasteiger partial charge in [0.1, 0.15) is 17.7 Å². The number of amides is 3. The number of ether oxygens (including phenoxy) is 1. The van der Waals surface area contributed by atoms with E-state index in [4.69, 9.17) is 4.74 Å². The molecule has 3 amide bonds. The molecule has 7 nitrogen and oxygen atoms in total. The lowest BCUT2D eigenvalue weighted by Crippen LogP contribution is -2.56. The second kappa shape index (κ2) is 14.8. The summed E-state index contributed by atoms with van der Waals surface area (Å²) in [6.07, 6.45) is 7.76. The number of carbonyl (C=O) groups is 3. The minimum absolute atomic E-state index is 0.116. The number of rotatable bonds is 11. The molecule has 2 rings (SSSR count). The number of hydrogen-bond acceptors (Lipinski definition) is 5. The number of alkyl carbamates (subject to hydrolysis) is 1. The Morgan fingerprint density at radius 2 is 1.68 bits per heavy atom. The zero-order valence-corrected chi connectivity index (χ0v) is 25.5. The van der Waals surface area contributed by atoms with Crippen LogP contribution in [0.5, 0.6) is 0 Å². The highest BCUT2D eigenvalue weighted by atomic mass is 32.2. The molecule has 0 saturated heterocycles. The molecule has 214 valence electrons. The maximum atomic E-state index is 14.3. The molecule has 0 heterocycles. The van der Waals surface area contributed by atoms with Crippen molar-refractivity contribution in [1.82, 2.24) is 15.5 Å². The maximum Gasteiger partial charge on any atom is 0.408 e. The lowest BCUT2D eigenvalue weighted by molar-refractivity contribution is -0.145. The number of aryl methyl sites for hydroxylation is 2. The number of carbonyl (C=O) groups excluding carboxylic acids is 3. The van der Waals surface area contributed by atoms with Gasteiger partial charge in [0.25, 0.3) is 0 Å². The van der Waals surface area contributed by atoms with Gasteiger partial charge in [0.15, 0.2) is 0 Å². The molecule has 1 saturated carbocycles. The predicted octanol–water partition coefficient (Wildman–Crippen LogP) is 6.07. The van der Waals surface area contributed by atoms with Gasteiger partial charge in [0.05, 0.1) is 0 Å². The maximum absolute atomic E-state index is 14.3. The predicted molar refractivity (Wildman–Crippen MR) is 156 cm³/mol. The van der Waals surface area contributed by atoms with E-state index in [9.17, 15) is 14.4 Å². The number of thioether (sulfide) groups is 1. The van der Waals surface area contributed by atoms with Gasteiger partial charge in [-0.3, -0.25) is 9.59 Å². The zero-order valence-electron chi connectivity index (χ0n) is 24.7. The van der Waals surface area contributed by atoms with Gasteiger partial charge in [0, 0.05) is 12.1 Å². The van der Waals surface area contributed by atoms with Crippen LogP contribution < -0.4 is 10.6 Å². The molecule has 1 aliphatic carbocycles. The van der Waals surface area contributed by atoms with Crippen molar-refractivity contribution in [2.24, 2.45) is 0 Å². The van der Waals surface area contributed by atoms with Crippen LogP contribution in [0.3, 0.4) is 0 Å². The Morgan fingerprint density at radius 1 is 1.08 bits per heavy atom. The average molecular weight is 548 g/mol. The quantitative estimate of drug-likeness (QED) is 0.351. The molecule has 8 heteroatoms. The highest BCUT2D eigenvalue weighted by molar-refractivity contribution is 7.98. The normalized spacial score (nSPS) is 16.7. The minimum atomic E-state index is -0.804. The van der Waals surface area contributed by atoms with Gasteiger partial charge in [-0.2, -0.15) is 11.8 Å². The zero-order chi connectivity index (χ0) is 28.5. The fourth-order valence-corrected chi connectivity index (χ4v) is 5.52. The summed E-state index contributed by atoms with van der Waals surface area (Å²) >= 11 is 1.61. The minimum Gasteiger partial charge on any atom is -0.444 e. The summed E-state index contributed by atoms with van der Waals surface area (Å²) in [5.41, 5.74) is 2.19. The third-order valence-electron chi connectivity index (χ3n) is 6.96. The second-order valence-electron chi connectivity index (χ2n) is 11.7. The van der Waals surface area contributed by atoms with Crippen molar-refractivity contribution in [2.45, 2.75) is 123 Å². The van der Waals surface area contributed by atoms with Crippen LogP contribution in [0.1, 0.15) is 102 Å². The van der Waals surface area contributed by atoms with E-state index in [1.165, 1.54) is 6.42 Å². The van der Waals surface area contributed by atoms with Crippen LogP contribution in [0.4, 0.5) is 4.79 Å². The standard InChI is InChI=1S/C30H49N3O4S/c1-9-22(4)33(28(35)25(15-16-38-8)32-29(36)37-30(5,6)7)26(23-18-20(2)17-21(3)19-23)27(34)31-24-13-11-10-12-14-24/h17-19,22,24-26H,9-16H2,1-8H3,(H,31,34)(H,32,36). The van der Waals surface area contributed by atoms with Crippen molar-refractivity contribution in [3.8, 4) is 0 Å². The lowest BCUT2D eigenvalue weighted by Gasteiger charge is -2.39. The van der Waals surface area contributed by atoms with Crippen molar-refractivity contribution >= 4 is 29.7 Å². The first kappa shape index (κ1) is 32.0. The molecule has 3 atom stereocenters. The first-order chi connectivity index (χ1) is 17.9. The summed E-state index contributed by atoms with van der Waals surface area (Å²) in [6.45, 7) is 13.4. The SMILES string of the molecule is CCC(C)N(C(=O)C(CCSC)NC(=O)OC(C)(C)C)C(C(=O)NC1CCCCC1)c1cc(C)cc(C)c1. The summed E-state index contributed by atoms with van der Waals surface area (Å²) in [6, 6.07) is 4.36. The number of nitrogens with zero attached hydrogens (tertiary/aromatic N) is 1. The monoisotopic (exact) mass is 547 g/mol. The Hall–Kier alpha value is -2.22. The fraction of sp³-hybridized carbons (Fsp3) is 0.700. The van der Waals surface area contributed by atoms with Gasteiger partial charge in [-0.1, -0.05) is 55.5 Å². The van der Waals surface area contributed by atoms with Gasteiger partial charge in [-0.15, -0.1) is 0 Å². The summed E-state index contributed by atoms with van der Waals surface area (Å²) in [5.74, 6) is 0.266. The van der Waals surface area contributed by atoms with E-state index >= 15 is 0 Å². The summed E-state index contributed by atoms with van der Waals surface area (Å²) in [5, 5.41) is 6.10. The van der Waals surface area contributed by atoms with Crippen molar-refractivity contribution < 1.29 is 19.1 Å². The Morgan fingerprint density at radius 3 is 2.21 bits per heavy atom. The Balaban J connectivity index is 2.51. The molecule has 38 heavy (non-hydrogen) atoms. The number of nitrogens with one attached hydrogen (secondary N) is 2. The van der Waals surface area contributed by atoms with Crippen LogP contribution in [0.15, 0.2) is 18.2 Å². The number of hydrogen-bond donors (Lipinski definition) is 2. The molecule has 1 aromatic carbocycles. The molecular weight excluding hydrogens is 498 g/mol. The highest BCUT2D eigenvalue weighted by Crippen LogP contribution is 2.29. The van der Waals surface area contributed by atoms with Crippen molar-refractivity contribution in [3.63, 3.8) is 0 Å². The molecular formula is C30H49N3O4S. The summed E-state index contributed by atoms with van der Waals surface area (Å²) in [7, 11) is 0. The van der Waals surface area contributed by atoms with Crippen LogP contribution in [0, 0.1) is 13.8 Å². The average Bonchev–Trinajstić information content (AvgIpc) is 2.82. The molecule has 0 bridgehead atoms. The Labute approximate surface area is 234 Å². The molecule has 1 aliphatic rings. The van der Waals surface area contributed by atoms with Crippen LogP contribution in [0.25, 0.3) is 0 Å². The van der Waals surface area contributed by atoms with Crippen molar-refractivity contribution in [3.05, 3.63) is 34.9 Å². The van der Waals surface area contributed by atoms with Gasteiger partial charge in [0.2, 0.25) is 11.8 Å². The van der Waals surface area contributed by atoms with Gasteiger partial charge in [-0.25, -0.2) is 4.79 Å².